The number of esters is 2. The van der Waals surface area contributed by atoms with Gasteiger partial charge < -0.3 is 14.3 Å². The highest BCUT2D eigenvalue weighted by Gasteiger charge is 2.53. The van der Waals surface area contributed by atoms with Crippen molar-refractivity contribution in [3.63, 3.8) is 0 Å². The Morgan fingerprint density at radius 3 is 2.29 bits per heavy atom. The molecule has 1 aliphatic carbocycles. The number of Topliss-reactive ketones (excluding diaryl/α,β-unsaturated/α-hetero) is 2. The molecular weight excluding hydrogens is 366 g/mol. The molecule has 0 N–H and O–H groups in total. The Hall–Kier alpha value is -2.25. The quantitative estimate of drug-likeness (QED) is 0.183. The second-order valence-electron chi connectivity index (χ2n) is 7.56. The summed E-state index contributed by atoms with van der Waals surface area (Å²) in [7, 11) is 2.57. The maximum Gasteiger partial charge on any atom is 0.316 e. The van der Waals surface area contributed by atoms with Gasteiger partial charge in [-0.2, -0.15) is 0 Å². The van der Waals surface area contributed by atoms with Crippen LogP contribution in [0.1, 0.15) is 59.3 Å². The van der Waals surface area contributed by atoms with Crippen LogP contribution in [0.4, 0.5) is 0 Å². The Morgan fingerprint density at radius 1 is 1.07 bits per heavy atom. The van der Waals surface area contributed by atoms with Crippen LogP contribution in [0.5, 0.6) is 0 Å². The fourth-order valence-electron chi connectivity index (χ4n) is 3.51. The SMILES string of the molecule is CCON=C(CCCCCC(=O)OC)C1C(=O)CC(C)(C)C(C(=O)OC)C1=O. The predicted molar refractivity (Wildman–Crippen MR) is 102 cm³/mol. The van der Waals surface area contributed by atoms with Gasteiger partial charge >= 0.3 is 11.9 Å². The second kappa shape index (κ2) is 10.9. The molecule has 2 unspecified atom stereocenters. The number of rotatable bonds is 10. The van der Waals surface area contributed by atoms with Gasteiger partial charge in [-0.1, -0.05) is 25.4 Å². The van der Waals surface area contributed by atoms with Gasteiger partial charge in [0.15, 0.2) is 5.78 Å². The molecule has 0 heterocycles. The summed E-state index contributed by atoms with van der Waals surface area (Å²) in [5.41, 5.74) is -0.478. The van der Waals surface area contributed by atoms with Crippen LogP contribution in [0.15, 0.2) is 5.16 Å². The first-order chi connectivity index (χ1) is 13.2. The van der Waals surface area contributed by atoms with Gasteiger partial charge in [-0.15, -0.1) is 0 Å². The minimum Gasteiger partial charge on any atom is -0.469 e. The van der Waals surface area contributed by atoms with E-state index in [9.17, 15) is 19.2 Å². The van der Waals surface area contributed by atoms with Gasteiger partial charge in [0.1, 0.15) is 24.2 Å². The third kappa shape index (κ3) is 6.14. The minimum atomic E-state index is -1.09. The molecule has 0 saturated heterocycles. The molecule has 1 rings (SSSR count). The highest BCUT2D eigenvalue weighted by atomic mass is 16.6. The number of unbranched alkanes of at least 4 members (excludes halogenated alkanes) is 2. The van der Waals surface area contributed by atoms with Gasteiger partial charge in [-0.25, -0.2) is 0 Å². The molecule has 0 spiro atoms. The first-order valence-corrected chi connectivity index (χ1v) is 9.59. The second-order valence-corrected chi connectivity index (χ2v) is 7.56. The third-order valence-electron chi connectivity index (χ3n) is 4.92. The highest BCUT2D eigenvalue weighted by molar-refractivity contribution is 6.26. The first kappa shape index (κ1) is 23.8. The number of hydrogen-bond donors (Lipinski definition) is 0. The van der Waals surface area contributed by atoms with Crippen molar-refractivity contribution in [1.82, 2.24) is 0 Å². The zero-order valence-electron chi connectivity index (χ0n) is 17.4. The predicted octanol–water partition coefficient (Wildman–Crippen LogP) is 2.48. The molecule has 8 nitrogen and oxygen atoms in total. The van der Waals surface area contributed by atoms with E-state index in [4.69, 9.17) is 9.57 Å². The normalized spacial score (nSPS) is 22.0. The van der Waals surface area contributed by atoms with Crippen LogP contribution in [0.2, 0.25) is 0 Å². The Morgan fingerprint density at radius 2 is 1.71 bits per heavy atom. The summed E-state index contributed by atoms with van der Waals surface area (Å²) in [6, 6.07) is 0. The number of ketones is 2. The zero-order chi connectivity index (χ0) is 21.3. The number of methoxy groups -OCH3 is 2. The van der Waals surface area contributed by atoms with Crippen molar-refractivity contribution in [2.75, 3.05) is 20.8 Å². The lowest BCUT2D eigenvalue weighted by atomic mass is 9.63. The van der Waals surface area contributed by atoms with E-state index in [-0.39, 0.29) is 18.2 Å². The Kier molecular flexibility index (Phi) is 9.28. The lowest BCUT2D eigenvalue weighted by Gasteiger charge is -2.38. The molecular formula is C20H31NO7. The standard InChI is InChI=1S/C20H31NO7/c1-6-28-21-13(10-8-7-9-11-15(23)26-4)16-14(22)12-20(2,3)17(18(16)24)19(25)27-5/h16-17H,6-12H2,1-5H3. The molecule has 0 amide bonds. The number of nitrogens with zero attached hydrogens (tertiary/aromatic N) is 1. The van der Waals surface area contributed by atoms with Gasteiger partial charge in [0.25, 0.3) is 0 Å². The topological polar surface area (TPSA) is 108 Å². The Labute approximate surface area is 166 Å². The van der Waals surface area contributed by atoms with E-state index < -0.39 is 29.0 Å². The van der Waals surface area contributed by atoms with Gasteiger partial charge in [0.2, 0.25) is 0 Å². The summed E-state index contributed by atoms with van der Waals surface area (Å²) in [6.07, 6.45) is 2.75. The number of carbonyl (C=O) groups is 4. The van der Waals surface area contributed by atoms with Gasteiger partial charge in [0.05, 0.1) is 19.9 Å². The van der Waals surface area contributed by atoms with E-state index in [2.05, 4.69) is 9.89 Å². The van der Waals surface area contributed by atoms with Crippen LogP contribution in [-0.2, 0) is 33.5 Å². The van der Waals surface area contributed by atoms with Crippen LogP contribution in [0.3, 0.4) is 0 Å². The van der Waals surface area contributed by atoms with Crippen LogP contribution < -0.4 is 0 Å². The zero-order valence-corrected chi connectivity index (χ0v) is 17.4. The van der Waals surface area contributed by atoms with E-state index >= 15 is 0 Å². The summed E-state index contributed by atoms with van der Waals surface area (Å²) in [4.78, 5) is 54.3. The van der Waals surface area contributed by atoms with Crippen molar-refractivity contribution in [3.05, 3.63) is 0 Å². The van der Waals surface area contributed by atoms with Gasteiger partial charge in [-0.05, 0) is 31.6 Å². The fraction of sp³-hybridized carbons (Fsp3) is 0.750. The average Bonchev–Trinajstić information content (AvgIpc) is 2.63. The number of carbonyl (C=O) groups excluding carboxylic acids is 4. The highest BCUT2D eigenvalue weighted by Crippen LogP contribution is 2.40. The molecule has 0 aromatic carbocycles. The third-order valence-corrected chi connectivity index (χ3v) is 4.92. The molecule has 0 aromatic heterocycles. The van der Waals surface area contributed by atoms with Gasteiger partial charge in [-0.3, -0.25) is 19.2 Å². The molecule has 1 saturated carbocycles. The monoisotopic (exact) mass is 397 g/mol. The van der Waals surface area contributed by atoms with Crippen molar-refractivity contribution in [3.8, 4) is 0 Å². The van der Waals surface area contributed by atoms with E-state index in [1.54, 1.807) is 20.8 Å². The van der Waals surface area contributed by atoms with Crippen LogP contribution >= 0.6 is 0 Å². The van der Waals surface area contributed by atoms with E-state index in [1.807, 2.05) is 0 Å². The maximum absolute atomic E-state index is 13.1. The summed E-state index contributed by atoms with van der Waals surface area (Å²) in [5.74, 6) is -3.77. The molecule has 2 atom stereocenters. The molecule has 1 aliphatic rings. The van der Waals surface area contributed by atoms with Gasteiger partial charge in [0, 0.05) is 12.8 Å². The van der Waals surface area contributed by atoms with Crippen LogP contribution in [0.25, 0.3) is 0 Å². The summed E-state index contributed by atoms with van der Waals surface area (Å²) in [6.45, 7) is 5.48. The first-order valence-electron chi connectivity index (χ1n) is 9.59. The molecule has 0 radical (unpaired) electrons. The molecule has 28 heavy (non-hydrogen) atoms. The van der Waals surface area contributed by atoms with Crippen LogP contribution in [0, 0.1) is 17.3 Å². The molecule has 0 aliphatic heterocycles. The minimum absolute atomic E-state index is 0.0800. The number of hydrogen-bond acceptors (Lipinski definition) is 8. The summed E-state index contributed by atoms with van der Waals surface area (Å²) >= 11 is 0. The average molecular weight is 397 g/mol. The van der Waals surface area contributed by atoms with Crippen molar-refractivity contribution < 1.29 is 33.5 Å². The number of oxime groups is 1. The van der Waals surface area contributed by atoms with Crippen molar-refractivity contribution >= 4 is 29.2 Å². The smallest absolute Gasteiger partial charge is 0.316 e. The summed E-state index contributed by atoms with van der Waals surface area (Å²) < 4.78 is 9.40. The largest absolute Gasteiger partial charge is 0.469 e. The van der Waals surface area contributed by atoms with E-state index in [0.717, 1.165) is 0 Å². The molecule has 8 heteroatoms. The summed E-state index contributed by atoms with van der Waals surface area (Å²) in [5, 5.41) is 4.01. The molecule has 0 aromatic rings. The number of ether oxygens (including phenoxy) is 2. The fourth-order valence-corrected chi connectivity index (χ4v) is 3.51. The van der Waals surface area contributed by atoms with Crippen molar-refractivity contribution in [1.29, 1.82) is 0 Å². The maximum atomic E-state index is 13.1. The Bertz CT molecular complexity index is 624. The molecule has 0 bridgehead atoms. The molecule has 1 fully saturated rings. The molecule has 158 valence electrons. The van der Waals surface area contributed by atoms with Crippen molar-refractivity contribution in [2.24, 2.45) is 22.4 Å². The lowest BCUT2D eigenvalue weighted by Crippen LogP contribution is -2.52. The van der Waals surface area contributed by atoms with Crippen LogP contribution in [-0.4, -0.2) is 50.0 Å². The lowest BCUT2D eigenvalue weighted by molar-refractivity contribution is -0.159. The van der Waals surface area contributed by atoms with E-state index in [1.165, 1.54) is 14.2 Å². The van der Waals surface area contributed by atoms with Crippen molar-refractivity contribution in [2.45, 2.75) is 59.3 Å². The van der Waals surface area contributed by atoms with E-state index in [0.29, 0.717) is 44.4 Å². The Balaban J connectivity index is 2.93.